The van der Waals surface area contributed by atoms with Gasteiger partial charge in [0.15, 0.2) is 0 Å². The van der Waals surface area contributed by atoms with Gasteiger partial charge in [0.1, 0.15) is 11.4 Å². The van der Waals surface area contributed by atoms with Gasteiger partial charge in [-0.15, -0.1) is 11.8 Å². The van der Waals surface area contributed by atoms with E-state index in [1.165, 1.54) is 12.1 Å². The average Bonchev–Trinajstić information content (AvgIpc) is 2.93. The molecule has 2 amide bonds. The van der Waals surface area contributed by atoms with E-state index in [2.05, 4.69) is 5.32 Å². The molecule has 1 aliphatic heterocycles. The molecule has 1 heterocycles. The Balaban J connectivity index is 1.73. The lowest BCUT2D eigenvalue weighted by Crippen LogP contribution is -2.40. The third kappa shape index (κ3) is 7.61. The molecule has 0 radical (unpaired) electrons. The molecule has 5 nitrogen and oxygen atoms in total. The molecule has 2 aromatic rings. The summed E-state index contributed by atoms with van der Waals surface area (Å²) in [4.78, 5) is 27.6. The van der Waals surface area contributed by atoms with Crippen molar-refractivity contribution in [3.8, 4) is 0 Å². The molecule has 0 fully saturated rings. The van der Waals surface area contributed by atoms with Gasteiger partial charge in [-0.25, -0.2) is 9.18 Å². The van der Waals surface area contributed by atoms with Gasteiger partial charge in [0, 0.05) is 29.3 Å². The predicted octanol–water partition coefficient (Wildman–Crippen LogP) is 6.64. The summed E-state index contributed by atoms with van der Waals surface area (Å²) < 4.78 is 20.2. The van der Waals surface area contributed by atoms with Crippen LogP contribution in [-0.2, 0) is 23.3 Å². The molecule has 0 atom stereocenters. The summed E-state index contributed by atoms with van der Waals surface area (Å²) in [6.07, 6.45) is 1.07. The maximum absolute atomic E-state index is 14.7. The summed E-state index contributed by atoms with van der Waals surface area (Å²) >= 11 is 8.12. The number of carbonyl (C=O) groups excluding carboxylic acids is 2. The van der Waals surface area contributed by atoms with Crippen LogP contribution in [0.15, 0.2) is 35.2 Å². The van der Waals surface area contributed by atoms with E-state index in [1.54, 1.807) is 22.7 Å². The number of nitrogens with zero attached hydrogens (tertiary/aromatic N) is 1. The van der Waals surface area contributed by atoms with Crippen LogP contribution in [0.2, 0.25) is 5.02 Å². The van der Waals surface area contributed by atoms with Gasteiger partial charge in [-0.3, -0.25) is 4.79 Å². The van der Waals surface area contributed by atoms with Crippen molar-refractivity contribution < 1.29 is 18.7 Å². The third-order valence-corrected chi connectivity index (χ3v) is 7.05. The molecule has 35 heavy (non-hydrogen) atoms. The Morgan fingerprint density at radius 3 is 2.40 bits per heavy atom. The maximum Gasteiger partial charge on any atom is 0.410 e. The minimum atomic E-state index is -0.546. The van der Waals surface area contributed by atoms with E-state index in [0.717, 1.165) is 21.6 Å². The number of hydrogen-bond donors (Lipinski definition) is 1. The van der Waals surface area contributed by atoms with Gasteiger partial charge in [-0.1, -0.05) is 23.7 Å². The number of hydrogen-bond acceptors (Lipinski definition) is 4. The number of carbonyl (C=O) groups is 2. The molecular formula is C27H34ClFN2O3S. The molecule has 0 aliphatic carbocycles. The topological polar surface area (TPSA) is 58.6 Å². The molecule has 3 rings (SSSR count). The summed E-state index contributed by atoms with van der Waals surface area (Å²) in [6, 6.07) is 8.60. The van der Waals surface area contributed by atoms with Crippen LogP contribution >= 0.6 is 23.4 Å². The van der Waals surface area contributed by atoms with Crippen molar-refractivity contribution in [3.05, 3.63) is 63.4 Å². The van der Waals surface area contributed by atoms with E-state index >= 15 is 0 Å². The Morgan fingerprint density at radius 1 is 1.09 bits per heavy atom. The van der Waals surface area contributed by atoms with Crippen molar-refractivity contribution in [2.45, 2.75) is 76.2 Å². The number of halogens is 2. The Hall–Kier alpha value is -2.25. The fourth-order valence-corrected chi connectivity index (χ4v) is 5.27. The lowest BCUT2D eigenvalue weighted by molar-refractivity contribution is 0.0258. The minimum absolute atomic E-state index is 0.0301. The molecule has 0 saturated heterocycles. The van der Waals surface area contributed by atoms with E-state index in [-0.39, 0.29) is 11.7 Å². The highest BCUT2D eigenvalue weighted by molar-refractivity contribution is 7.98. The molecule has 2 aromatic carbocycles. The highest BCUT2D eigenvalue weighted by Gasteiger charge is 2.26. The number of amides is 2. The Labute approximate surface area is 216 Å². The minimum Gasteiger partial charge on any atom is -0.444 e. The average molecular weight is 521 g/mol. The Kier molecular flexibility index (Phi) is 8.43. The third-order valence-electron chi connectivity index (χ3n) is 5.39. The van der Waals surface area contributed by atoms with Crippen molar-refractivity contribution in [1.82, 2.24) is 10.2 Å². The summed E-state index contributed by atoms with van der Waals surface area (Å²) in [7, 11) is 0. The second-order valence-corrected chi connectivity index (χ2v) is 12.2. The molecule has 1 aliphatic rings. The van der Waals surface area contributed by atoms with Crippen molar-refractivity contribution in [1.29, 1.82) is 0 Å². The summed E-state index contributed by atoms with van der Waals surface area (Å²) in [6.45, 7) is 12.3. The fourth-order valence-electron chi connectivity index (χ4n) is 3.82. The zero-order valence-electron chi connectivity index (χ0n) is 21.3. The van der Waals surface area contributed by atoms with Crippen LogP contribution in [0.5, 0.6) is 0 Å². The quantitative estimate of drug-likeness (QED) is 0.459. The molecule has 1 N–H and O–H groups in total. The molecule has 190 valence electrons. The van der Waals surface area contributed by atoms with Crippen molar-refractivity contribution >= 4 is 35.4 Å². The molecule has 0 bridgehead atoms. The second-order valence-electron chi connectivity index (χ2n) is 10.8. The van der Waals surface area contributed by atoms with Crippen LogP contribution in [0.4, 0.5) is 9.18 Å². The van der Waals surface area contributed by atoms with Crippen LogP contribution in [0.1, 0.15) is 68.6 Å². The fraction of sp³-hybridized carbons (Fsp3) is 0.481. The monoisotopic (exact) mass is 520 g/mol. The van der Waals surface area contributed by atoms with Crippen LogP contribution in [0, 0.1) is 5.82 Å². The first-order valence-corrected chi connectivity index (χ1v) is 13.1. The SMILES string of the molecule is CC(C)(C)NC(=O)c1ccc(CSc2c(Cl)ccc3c2CCN(C(=O)OC(C)(C)C)CC3)cc1F. The highest BCUT2D eigenvalue weighted by Crippen LogP contribution is 2.37. The van der Waals surface area contributed by atoms with E-state index in [0.29, 0.717) is 36.7 Å². The lowest BCUT2D eigenvalue weighted by atomic mass is 10.0. The molecule has 0 aromatic heterocycles. The van der Waals surface area contributed by atoms with Gasteiger partial charge < -0.3 is 15.0 Å². The van der Waals surface area contributed by atoms with E-state index in [9.17, 15) is 14.0 Å². The number of benzene rings is 2. The van der Waals surface area contributed by atoms with Crippen LogP contribution < -0.4 is 5.32 Å². The predicted molar refractivity (Wildman–Crippen MR) is 140 cm³/mol. The molecular weight excluding hydrogens is 487 g/mol. The number of ether oxygens (including phenoxy) is 1. The van der Waals surface area contributed by atoms with Crippen LogP contribution in [0.25, 0.3) is 0 Å². The van der Waals surface area contributed by atoms with Gasteiger partial charge in [0.05, 0.1) is 10.6 Å². The zero-order valence-corrected chi connectivity index (χ0v) is 22.8. The molecule has 0 unspecified atom stereocenters. The number of nitrogens with one attached hydrogen (secondary N) is 1. The highest BCUT2D eigenvalue weighted by atomic mass is 35.5. The number of thioether (sulfide) groups is 1. The van der Waals surface area contributed by atoms with E-state index < -0.39 is 22.9 Å². The van der Waals surface area contributed by atoms with Crippen molar-refractivity contribution in [2.75, 3.05) is 13.1 Å². The maximum atomic E-state index is 14.7. The standard InChI is InChI=1S/C27H34ClFN2O3S/c1-26(2,3)30-24(32)20-9-7-17(15-22(20)29)16-35-23-19-12-14-31(25(33)34-27(4,5)6)13-11-18(19)8-10-21(23)28/h7-10,15H,11-14,16H2,1-6H3,(H,30,32). The van der Waals surface area contributed by atoms with Crippen molar-refractivity contribution in [2.24, 2.45) is 0 Å². The van der Waals surface area contributed by atoms with Gasteiger partial charge >= 0.3 is 6.09 Å². The molecule has 0 saturated carbocycles. The van der Waals surface area contributed by atoms with E-state index in [4.69, 9.17) is 16.3 Å². The first-order chi connectivity index (χ1) is 16.2. The lowest BCUT2D eigenvalue weighted by Gasteiger charge is -2.26. The number of rotatable bonds is 4. The van der Waals surface area contributed by atoms with Gasteiger partial charge in [0.2, 0.25) is 0 Å². The molecule has 0 spiro atoms. The first-order valence-electron chi connectivity index (χ1n) is 11.8. The van der Waals surface area contributed by atoms with E-state index in [1.807, 2.05) is 53.7 Å². The summed E-state index contributed by atoms with van der Waals surface area (Å²) in [5.41, 5.74) is 2.08. The van der Waals surface area contributed by atoms with Crippen molar-refractivity contribution in [3.63, 3.8) is 0 Å². The smallest absolute Gasteiger partial charge is 0.410 e. The van der Waals surface area contributed by atoms with Gasteiger partial charge in [-0.05, 0) is 89.3 Å². The Morgan fingerprint density at radius 2 is 1.77 bits per heavy atom. The van der Waals surface area contributed by atoms with Crippen LogP contribution in [0.3, 0.4) is 0 Å². The normalized spacial score (nSPS) is 14.2. The second kappa shape index (κ2) is 10.8. The zero-order chi connectivity index (χ0) is 26.0. The summed E-state index contributed by atoms with van der Waals surface area (Å²) in [5, 5.41) is 3.43. The first kappa shape index (κ1) is 27.3. The largest absolute Gasteiger partial charge is 0.444 e. The van der Waals surface area contributed by atoms with Gasteiger partial charge in [-0.2, -0.15) is 0 Å². The Bertz CT molecular complexity index is 1110. The van der Waals surface area contributed by atoms with Gasteiger partial charge in [0.25, 0.3) is 5.91 Å². The molecule has 8 heteroatoms. The summed E-state index contributed by atoms with van der Waals surface area (Å²) in [5.74, 6) is -0.472. The van der Waals surface area contributed by atoms with Crippen LogP contribution in [-0.4, -0.2) is 41.1 Å². The number of fused-ring (bicyclic) bond motifs is 1.